The third-order valence-electron chi connectivity index (χ3n) is 5.57. The maximum absolute atomic E-state index is 13.0. The van der Waals surface area contributed by atoms with Crippen LogP contribution >= 0.6 is 11.3 Å². The van der Waals surface area contributed by atoms with Gasteiger partial charge in [0.1, 0.15) is 11.4 Å². The predicted molar refractivity (Wildman–Crippen MR) is 113 cm³/mol. The molecule has 0 saturated carbocycles. The minimum Gasteiger partial charge on any atom is -0.354 e. The van der Waals surface area contributed by atoms with Crippen molar-refractivity contribution >= 4 is 27.5 Å². The summed E-state index contributed by atoms with van der Waals surface area (Å²) in [6.07, 6.45) is 4.56. The van der Waals surface area contributed by atoms with Crippen molar-refractivity contribution in [2.24, 2.45) is 5.92 Å². The van der Waals surface area contributed by atoms with Crippen LogP contribution in [0, 0.1) is 5.92 Å². The molecule has 3 aromatic rings. The molecule has 0 bridgehead atoms. The zero-order chi connectivity index (χ0) is 19.7. The van der Waals surface area contributed by atoms with Gasteiger partial charge in [0.25, 0.3) is 5.56 Å². The highest BCUT2D eigenvalue weighted by atomic mass is 32.1. The zero-order valence-electron chi connectivity index (χ0n) is 16.3. The van der Waals surface area contributed by atoms with Crippen LogP contribution in [0.2, 0.25) is 0 Å². The van der Waals surface area contributed by atoms with Gasteiger partial charge in [0, 0.05) is 11.4 Å². The molecular formula is C22H25N3O2S. The van der Waals surface area contributed by atoms with E-state index in [2.05, 4.69) is 36.3 Å². The van der Waals surface area contributed by atoms with E-state index >= 15 is 0 Å². The first-order valence-corrected chi connectivity index (χ1v) is 10.7. The lowest BCUT2D eigenvalue weighted by molar-refractivity contribution is -0.121. The molecule has 1 aliphatic carbocycles. The van der Waals surface area contributed by atoms with E-state index in [-0.39, 0.29) is 23.9 Å². The van der Waals surface area contributed by atoms with Crippen molar-refractivity contribution in [3.8, 4) is 0 Å². The molecule has 0 aliphatic heterocycles. The van der Waals surface area contributed by atoms with Gasteiger partial charge in [-0.2, -0.15) is 0 Å². The van der Waals surface area contributed by atoms with Crippen LogP contribution in [0.25, 0.3) is 10.2 Å². The molecule has 2 heterocycles. The van der Waals surface area contributed by atoms with Crippen molar-refractivity contribution < 1.29 is 4.79 Å². The van der Waals surface area contributed by atoms with Crippen LogP contribution in [0.15, 0.2) is 41.5 Å². The Morgan fingerprint density at radius 3 is 2.93 bits per heavy atom. The van der Waals surface area contributed by atoms with Gasteiger partial charge in [-0.15, -0.1) is 11.3 Å². The lowest BCUT2D eigenvalue weighted by Gasteiger charge is -2.17. The molecule has 28 heavy (non-hydrogen) atoms. The van der Waals surface area contributed by atoms with Crippen molar-refractivity contribution in [2.45, 2.75) is 45.6 Å². The topological polar surface area (TPSA) is 64.0 Å². The van der Waals surface area contributed by atoms with E-state index in [1.165, 1.54) is 21.3 Å². The third kappa shape index (κ3) is 3.74. The summed E-state index contributed by atoms with van der Waals surface area (Å²) >= 11 is 1.63. The summed E-state index contributed by atoms with van der Waals surface area (Å²) in [5, 5.41) is 3.66. The van der Waals surface area contributed by atoms with Gasteiger partial charge in [0.05, 0.1) is 11.7 Å². The molecule has 6 heteroatoms. The summed E-state index contributed by atoms with van der Waals surface area (Å²) in [6, 6.07) is 10.1. The minimum absolute atomic E-state index is 0.00427. The lowest BCUT2D eigenvalue weighted by Crippen LogP contribution is -2.34. The average molecular weight is 396 g/mol. The summed E-state index contributed by atoms with van der Waals surface area (Å²) in [5.74, 6) is 0.706. The van der Waals surface area contributed by atoms with Crippen molar-refractivity contribution in [2.75, 3.05) is 6.54 Å². The Hall–Kier alpha value is -2.47. The summed E-state index contributed by atoms with van der Waals surface area (Å²) in [5.41, 5.74) is 2.24. The number of hydrogen-bond donors (Lipinski definition) is 1. The van der Waals surface area contributed by atoms with E-state index in [0.29, 0.717) is 12.5 Å². The van der Waals surface area contributed by atoms with Gasteiger partial charge in [-0.1, -0.05) is 44.2 Å². The Morgan fingerprint density at radius 2 is 2.14 bits per heavy atom. The number of hydrogen-bond acceptors (Lipinski definition) is 4. The first-order valence-electron chi connectivity index (χ1n) is 9.84. The maximum Gasteiger partial charge on any atom is 0.262 e. The number of aryl methyl sites for hydroxylation is 1. The fraction of sp³-hybridized carbons (Fsp3) is 0.409. The van der Waals surface area contributed by atoms with Gasteiger partial charge >= 0.3 is 0 Å². The largest absolute Gasteiger partial charge is 0.354 e. The predicted octanol–water partition coefficient (Wildman–Crippen LogP) is 3.50. The van der Waals surface area contributed by atoms with Gasteiger partial charge in [0.15, 0.2) is 0 Å². The Balaban J connectivity index is 1.48. The molecule has 0 saturated heterocycles. The van der Waals surface area contributed by atoms with Crippen LogP contribution in [0.4, 0.5) is 0 Å². The number of rotatable bonds is 5. The van der Waals surface area contributed by atoms with E-state index in [0.717, 1.165) is 35.0 Å². The average Bonchev–Trinajstić information content (AvgIpc) is 3.07. The molecule has 2 atom stereocenters. The molecule has 1 aromatic carbocycles. The molecule has 0 fully saturated rings. The monoisotopic (exact) mass is 395 g/mol. The van der Waals surface area contributed by atoms with Crippen molar-refractivity contribution in [1.29, 1.82) is 0 Å². The van der Waals surface area contributed by atoms with Crippen LogP contribution in [0.3, 0.4) is 0 Å². The van der Waals surface area contributed by atoms with E-state index in [1.807, 2.05) is 18.2 Å². The molecular weight excluding hydrogens is 370 g/mol. The first-order chi connectivity index (χ1) is 13.5. The fourth-order valence-electron chi connectivity index (χ4n) is 3.86. The van der Waals surface area contributed by atoms with Gasteiger partial charge < -0.3 is 5.32 Å². The Morgan fingerprint density at radius 1 is 1.36 bits per heavy atom. The number of benzene rings is 1. The van der Waals surface area contributed by atoms with Gasteiger partial charge in [-0.05, 0) is 42.2 Å². The Bertz CT molecular complexity index is 1050. The highest BCUT2D eigenvalue weighted by Gasteiger charge is 2.23. The van der Waals surface area contributed by atoms with E-state index in [1.54, 1.807) is 11.3 Å². The van der Waals surface area contributed by atoms with Crippen molar-refractivity contribution in [3.05, 3.63) is 63.0 Å². The molecule has 1 aliphatic rings. The molecule has 1 amide bonds. The smallest absolute Gasteiger partial charge is 0.262 e. The summed E-state index contributed by atoms with van der Waals surface area (Å²) < 4.78 is 1.44. The van der Waals surface area contributed by atoms with Gasteiger partial charge in [0.2, 0.25) is 5.91 Å². The summed E-state index contributed by atoms with van der Waals surface area (Å²) in [4.78, 5) is 32.0. The van der Waals surface area contributed by atoms with Crippen LogP contribution < -0.4 is 10.9 Å². The molecule has 2 aromatic heterocycles. The number of carbonyl (C=O) groups excluding carboxylic acids is 1. The van der Waals surface area contributed by atoms with E-state index in [9.17, 15) is 9.59 Å². The summed E-state index contributed by atoms with van der Waals surface area (Å²) in [7, 11) is 0. The molecule has 146 valence electrons. The standard InChI is InChI=1S/C22H25N3O2S/c1-14-8-9-17-18(10-14)28-21-20(17)22(27)25(13-24-21)12-19(26)23-11-15(2)16-6-4-3-5-7-16/h3-7,13-15H,8-12H2,1-2H3,(H,23,26)/t14-,15-/m1/s1. The zero-order valence-corrected chi connectivity index (χ0v) is 17.1. The second-order valence-corrected chi connectivity index (χ2v) is 8.91. The number of amides is 1. The van der Waals surface area contributed by atoms with E-state index in [4.69, 9.17) is 0 Å². The van der Waals surface area contributed by atoms with Gasteiger partial charge in [-0.3, -0.25) is 14.2 Å². The Labute approximate surface area is 168 Å². The van der Waals surface area contributed by atoms with Crippen LogP contribution in [-0.4, -0.2) is 22.0 Å². The quantitative estimate of drug-likeness (QED) is 0.719. The molecule has 1 N–H and O–H groups in total. The first kappa shape index (κ1) is 18.9. The van der Waals surface area contributed by atoms with Gasteiger partial charge in [-0.25, -0.2) is 4.98 Å². The highest BCUT2D eigenvalue weighted by Crippen LogP contribution is 2.35. The highest BCUT2D eigenvalue weighted by molar-refractivity contribution is 7.18. The van der Waals surface area contributed by atoms with Crippen molar-refractivity contribution in [1.82, 2.24) is 14.9 Å². The number of aromatic nitrogens is 2. The number of thiophene rings is 1. The second-order valence-electron chi connectivity index (χ2n) is 7.83. The molecule has 5 nitrogen and oxygen atoms in total. The molecule has 0 radical (unpaired) electrons. The summed E-state index contributed by atoms with van der Waals surface area (Å²) in [6.45, 7) is 4.87. The number of carbonyl (C=O) groups is 1. The third-order valence-corrected chi connectivity index (χ3v) is 6.73. The number of nitrogens with zero attached hydrogens (tertiary/aromatic N) is 2. The van der Waals surface area contributed by atoms with Crippen LogP contribution in [0.5, 0.6) is 0 Å². The SMILES string of the molecule is C[C@@H]1CCc2c(sc3ncn(CC(=O)NC[C@@H](C)c4ccccc4)c(=O)c23)C1. The Kier molecular flexibility index (Phi) is 5.31. The van der Waals surface area contributed by atoms with Crippen LogP contribution in [0.1, 0.15) is 42.2 Å². The van der Waals surface area contributed by atoms with E-state index < -0.39 is 0 Å². The molecule has 4 rings (SSSR count). The number of fused-ring (bicyclic) bond motifs is 3. The molecule has 0 unspecified atom stereocenters. The lowest BCUT2D eigenvalue weighted by atomic mass is 9.89. The number of nitrogens with one attached hydrogen (secondary N) is 1. The molecule has 0 spiro atoms. The minimum atomic E-state index is -0.163. The maximum atomic E-state index is 13.0. The fourth-order valence-corrected chi connectivity index (χ4v) is 5.20. The normalized spacial score (nSPS) is 17.3. The second kappa shape index (κ2) is 7.87. The van der Waals surface area contributed by atoms with Crippen LogP contribution in [-0.2, 0) is 24.2 Å². The van der Waals surface area contributed by atoms with Crippen molar-refractivity contribution in [3.63, 3.8) is 0 Å².